The summed E-state index contributed by atoms with van der Waals surface area (Å²) in [5.74, 6) is -0.0108. The van der Waals surface area contributed by atoms with Gasteiger partial charge in [0.1, 0.15) is 5.65 Å². The van der Waals surface area contributed by atoms with E-state index < -0.39 is 0 Å². The maximum atomic E-state index is 12.8. The van der Waals surface area contributed by atoms with Gasteiger partial charge in [-0.05, 0) is 30.2 Å². The standard InChI is InChI=1S/C23H21N3O/c1-17(25-23(27)20-12-13-21-24-14-15-26(21)16-20)22(18-8-4-2-5-9-18)19-10-6-3-7-11-19/h2-17,22H,1H3,(H,25,27). The van der Waals surface area contributed by atoms with Crippen LogP contribution in [0, 0.1) is 0 Å². The van der Waals surface area contributed by atoms with Crippen LogP contribution in [0.4, 0.5) is 0 Å². The Labute approximate surface area is 158 Å². The number of hydrogen-bond donors (Lipinski definition) is 1. The Balaban J connectivity index is 1.61. The third-order valence-corrected chi connectivity index (χ3v) is 4.83. The van der Waals surface area contributed by atoms with Crippen LogP contribution < -0.4 is 5.32 Å². The van der Waals surface area contributed by atoms with Crippen molar-refractivity contribution in [3.63, 3.8) is 0 Å². The summed E-state index contributed by atoms with van der Waals surface area (Å²) >= 11 is 0. The molecule has 2 aromatic carbocycles. The molecule has 0 saturated heterocycles. The molecule has 134 valence electrons. The van der Waals surface area contributed by atoms with E-state index in [0.29, 0.717) is 5.56 Å². The molecule has 1 N–H and O–H groups in total. The second kappa shape index (κ2) is 7.46. The highest BCUT2D eigenvalue weighted by molar-refractivity contribution is 5.94. The molecule has 0 radical (unpaired) electrons. The Kier molecular flexibility index (Phi) is 4.71. The number of pyridine rings is 1. The van der Waals surface area contributed by atoms with E-state index in [2.05, 4.69) is 41.5 Å². The normalized spacial score (nSPS) is 12.2. The van der Waals surface area contributed by atoms with Crippen LogP contribution >= 0.6 is 0 Å². The molecule has 4 rings (SSSR count). The van der Waals surface area contributed by atoms with Crippen LogP contribution in [-0.2, 0) is 0 Å². The minimum absolute atomic E-state index is 0.0687. The lowest BCUT2D eigenvalue weighted by Gasteiger charge is -2.26. The number of hydrogen-bond acceptors (Lipinski definition) is 2. The summed E-state index contributed by atoms with van der Waals surface area (Å²) in [5, 5.41) is 3.18. The van der Waals surface area contributed by atoms with Gasteiger partial charge in [0.15, 0.2) is 0 Å². The number of fused-ring (bicyclic) bond motifs is 1. The SMILES string of the molecule is CC(NC(=O)c1ccc2nccn2c1)C(c1ccccc1)c1ccccc1. The first kappa shape index (κ1) is 17.0. The van der Waals surface area contributed by atoms with Gasteiger partial charge in [-0.1, -0.05) is 60.7 Å². The van der Waals surface area contributed by atoms with Gasteiger partial charge in [-0.2, -0.15) is 0 Å². The number of nitrogens with zero attached hydrogens (tertiary/aromatic N) is 2. The first-order valence-corrected chi connectivity index (χ1v) is 9.06. The van der Waals surface area contributed by atoms with Gasteiger partial charge in [0.2, 0.25) is 0 Å². The molecule has 2 aromatic heterocycles. The quantitative estimate of drug-likeness (QED) is 0.581. The predicted octanol–water partition coefficient (Wildman–Crippen LogP) is 4.28. The van der Waals surface area contributed by atoms with Crippen molar-refractivity contribution in [2.75, 3.05) is 0 Å². The summed E-state index contributed by atoms with van der Waals surface area (Å²) in [4.78, 5) is 17.1. The van der Waals surface area contributed by atoms with Gasteiger partial charge in [-0.3, -0.25) is 4.79 Å². The van der Waals surface area contributed by atoms with E-state index in [1.54, 1.807) is 6.20 Å². The molecule has 4 heteroatoms. The van der Waals surface area contributed by atoms with E-state index in [4.69, 9.17) is 0 Å². The number of rotatable bonds is 5. The highest BCUT2D eigenvalue weighted by atomic mass is 16.1. The van der Waals surface area contributed by atoms with Crippen molar-refractivity contribution in [3.8, 4) is 0 Å². The number of benzene rings is 2. The zero-order valence-corrected chi connectivity index (χ0v) is 15.1. The molecule has 2 heterocycles. The fourth-order valence-electron chi connectivity index (χ4n) is 3.52. The van der Waals surface area contributed by atoms with Gasteiger partial charge in [-0.15, -0.1) is 0 Å². The zero-order chi connectivity index (χ0) is 18.6. The lowest BCUT2D eigenvalue weighted by atomic mass is 9.85. The molecular weight excluding hydrogens is 334 g/mol. The molecule has 4 aromatic rings. The highest BCUT2D eigenvalue weighted by Gasteiger charge is 2.23. The average Bonchev–Trinajstić information content (AvgIpc) is 3.17. The molecule has 1 amide bonds. The first-order valence-electron chi connectivity index (χ1n) is 9.06. The van der Waals surface area contributed by atoms with Gasteiger partial charge in [0.05, 0.1) is 5.56 Å². The van der Waals surface area contributed by atoms with Crippen molar-refractivity contribution < 1.29 is 4.79 Å². The van der Waals surface area contributed by atoms with Crippen LogP contribution in [0.5, 0.6) is 0 Å². The average molecular weight is 355 g/mol. The Morgan fingerprint density at radius 2 is 1.56 bits per heavy atom. The summed E-state index contributed by atoms with van der Waals surface area (Å²) < 4.78 is 1.85. The van der Waals surface area contributed by atoms with Crippen molar-refractivity contribution in [1.82, 2.24) is 14.7 Å². The van der Waals surface area contributed by atoms with E-state index in [0.717, 1.165) is 5.65 Å². The first-order chi connectivity index (χ1) is 13.2. The minimum Gasteiger partial charge on any atom is -0.349 e. The smallest absolute Gasteiger partial charge is 0.253 e. The number of carbonyl (C=O) groups excluding carboxylic acids is 1. The zero-order valence-electron chi connectivity index (χ0n) is 15.1. The van der Waals surface area contributed by atoms with Crippen molar-refractivity contribution in [1.29, 1.82) is 0 Å². The maximum Gasteiger partial charge on any atom is 0.253 e. The lowest BCUT2D eigenvalue weighted by molar-refractivity contribution is 0.0936. The summed E-state index contributed by atoms with van der Waals surface area (Å²) in [6.45, 7) is 2.05. The molecule has 0 spiro atoms. The monoisotopic (exact) mass is 355 g/mol. The lowest BCUT2D eigenvalue weighted by Crippen LogP contribution is -2.37. The molecule has 1 unspecified atom stereocenters. The fraction of sp³-hybridized carbons (Fsp3) is 0.130. The molecule has 27 heavy (non-hydrogen) atoms. The van der Waals surface area contributed by atoms with Gasteiger partial charge in [0.25, 0.3) is 5.91 Å². The highest BCUT2D eigenvalue weighted by Crippen LogP contribution is 2.28. The van der Waals surface area contributed by atoms with Gasteiger partial charge in [0, 0.05) is 30.6 Å². The minimum atomic E-state index is -0.0880. The van der Waals surface area contributed by atoms with E-state index in [9.17, 15) is 4.79 Å². The molecule has 0 aliphatic heterocycles. The predicted molar refractivity (Wildman–Crippen MR) is 107 cm³/mol. The Bertz CT molecular complexity index is 1000. The van der Waals surface area contributed by atoms with E-state index >= 15 is 0 Å². The van der Waals surface area contributed by atoms with Crippen LogP contribution in [0.3, 0.4) is 0 Å². The van der Waals surface area contributed by atoms with Crippen molar-refractivity contribution in [2.24, 2.45) is 0 Å². The molecule has 0 saturated carbocycles. The molecule has 0 aliphatic rings. The number of aromatic nitrogens is 2. The van der Waals surface area contributed by atoms with Crippen molar-refractivity contribution in [3.05, 3.63) is 108 Å². The Morgan fingerprint density at radius 1 is 0.926 bits per heavy atom. The summed E-state index contributed by atoms with van der Waals surface area (Å²) in [5.41, 5.74) is 3.81. The van der Waals surface area contributed by atoms with Crippen molar-refractivity contribution in [2.45, 2.75) is 18.9 Å². The molecule has 4 nitrogen and oxygen atoms in total. The van der Waals surface area contributed by atoms with Crippen LogP contribution in [0.2, 0.25) is 0 Å². The molecule has 1 atom stereocenters. The van der Waals surface area contributed by atoms with Gasteiger partial charge in [-0.25, -0.2) is 4.98 Å². The van der Waals surface area contributed by atoms with Crippen LogP contribution in [0.25, 0.3) is 5.65 Å². The molecular formula is C23H21N3O. The van der Waals surface area contributed by atoms with E-state index in [1.807, 2.05) is 65.3 Å². The molecule has 0 aliphatic carbocycles. The second-order valence-corrected chi connectivity index (χ2v) is 6.67. The van der Waals surface area contributed by atoms with E-state index in [1.165, 1.54) is 11.1 Å². The van der Waals surface area contributed by atoms with Crippen LogP contribution in [0.1, 0.15) is 34.3 Å². The summed E-state index contributed by atoms with van der Waals surface area (Å²) in [6, 6.07) is 24.2. The third-order valence-electron chi connectivity index (χ3n) is 4.83. The number of imidazole rings is 1. The topological polar surface area (TPSA) is 46.4 Å². The Morgan fingerprint density at radius 3 is 2.19 bits per heavy atom. The second-order valence-electron chi connectivity index (χ2n) is 6.67. The molecule has 0 bridgehead atoms. The summed E-state index contributed by atoms with van der Waals surface area (Å²) in [7, 11) is 0. The number of carbonyl (C=O) groups is 1. The van der Waals surface area contributed by atoms with Gasteiger partial charge < -0.3 is 9.72 Å². The third kappa shape index (κ3) is 3.60. The fourth-order valence-corrected chi connectivity index (χ4v) is 3.52. The van der Waals surface area contributed by atoms with Crippen LogP contribution in [0.15, 0.2) is 91.4 Å². The molecule has 0 fully saturated rings. The largest absolute Gasteiger partial charge is 0.349 e. The maximum absolute atomic E-state index is 12.8. The number of nitrogens with one attached hydrogen (secondary N) is 1. The number of amides is 1. The van der Waals surface area contributed by atoms with E-state index in [-0.39, 0.29) is 17.9 Å². The summed E-state index contributed by atoms with van der Waals surface area (Å²) in [6.07, 6.45) is 5.37. The van der Waals surface area contributed by atoms with Gasteiger partial charge >= 0.3 is 0 Å². The Hall–Kier alpha value is -3.40. The van der Waals surface area contributed by atoms with Crippen LogP contribution in [-0.4, -0.2) is 21.3 Å². The van der Waals surface area contributed by atoms with Crippen molar-refractivity contribution >= 4 is 11.6 Å².